The van der Waals surface area contributed by atoms with Gasteiger partial charge in [-0.25, -0.2) is 8.42 Å². The van der Waals surface area contributed by atoms with Crippen molar-refractivity contribution < 1.29 is 13.2 Å². The van der Waals surface area contributed by atoms with E-state index in [1.54, 1.807) is 28.6 Å². The van der Waals surface area contributed by atoms with Gasteiger partial charge in [0.05, 0.1) is 4.90 Å². The first-order valence-electron chi connectivity index (χ1n) is 11.1. The first kappa shape index (κ1) is 20.9. The minimum Gasteiger partial charge on any atom is -0.349 e. The summed E-state index contributed by atoms with van der Waals surface area (Å²) in [6, 6.07) is 6.67. The molecule has 1 N–H and O–H groups in total. The van der Waals surface area contributed by atoms with Crippen LogP contribution in [-0.2, 0) is 10.0 Å². The monoisotopic (exact) mass is 418 g/mol. The molecule has 1 aliphatic heterocycles. The molecular weight excluding hydrogens is 384 g/mol. The van der Waals surface area contributed by atoms with Gasteiger partial charge < -0.3 is 5.32 Å². The molecule has 0 aromatic heterocycles. The van der Waals surface area contributed by atoms with E-state index in [0.717, 1.165) is 18.3 Å². The van der Waals surface area contributed by atoms with Gasteiger partial charge in [-0.05, 0) is 80.4 Å². The molecule has 2 bridgehead atoms. The third-order valence-electron chi connectivity index (χ3n) is 7.36. The summed E-state index contributed by atoms with van der Waals surface area (Å²) in [5.74, 6) is 2.67. The Morgan fingerprint density at radius 2 is 1.83 bits per heavy atom. The highest BCUT2D eigenvalue weighted by Gasteiger charge is 2.42. The summed E-state index contributed by atoms with van der Waals surface area (Å²) in [5, 5.41) is 3.15. The van der Waals surface area contributed by atoms with Crippen molar-refractivity contribution in [3.8, 4) is 0 Å². The van der Waals surface area contributed by atoms with Crippen molar-refractivity contribution in [2.75, 3.05) is 13.1 Å². The Morgan fingerprint density at radius 1 is 1.10 bits per heavy atom. The second-order valence-electron chi connectivity index (χ2n) is 9.90. The molecule has 1 amide bonds. The maximum absolute atomic E-state index is 13.2. The zero-order valence-electron chi connectivity index (χ0n) is 17.8. The molecular formula is C23H34N2O3S. The summed E-state index contributed by atoms with van der Waals surface area (Å²) in [6.45, 7) is 7.38. The second-order valence-corrected chi connectivity index (χ2v) is 11.8. The minimum atomic E-state index is -3.58. The third kappa shape index (κ3) is 4.24. The summed E-state index contributed by atoms with van der Waals surface area (Å²) in [5.41, 5.74) is 0.430. The van der Waals surface area contributed by atoms with E-state index in [0.29, 0.717) is 36.4 Å². The van der Waals surface area contributed by atoms with E-state index >= 15 is 0 Å². The van der Waals surface area contributed by atoms with Gasteiger partial charge in [-0.1, -0.05) is 26.3 Å². The third-order valence-corrected chi connectivity index (χ3v) is 9.19. The van der Waals surface area contributed by atoms with Crippen LogP contribution in [0.3, 0.4) is 0 Å². The fourth-order valence-corrected chi connectivity index (χ4v) is 7.78. The number of rotatable bonds is 5. The molecule has 160 valence electrons. The maximum Gasteiger partial charge on any atom is 0.251 e. The van der Waals surface area contributed by atoms with Crippen LogP contribution in [0, 0.1) is 29.6 Å². The number of hydrogen-bond acceptors (Lipinski definition) is 3. The number of fused-ring (bicyclic) bond motifs is 2. The first-order chi connectivity index (χ1) is 13.7. The zero-order valence-corrected chi connectivity index (χ0v) is 18.6. The van der Waals surface area contributed by atoms with Crippen molar-refractivity contribution in [2.24, 2.45) is 29.6 Å². The molecule has 5 nitrogen and oxygen atoms in total. The van der Waals surface area contributed by atoms with Gasteiger partial charge in [0.2, 0.25) is 10.0 Å². The fourth-order valence-electron chi connectivity index (χ4n) is 6.05. The van der Waals surface area contributed by atoms with E-state index in [2.05, 4.69) is 26.1 Å². The Balaban J connectivity index is 1.47. The fraction of sp³-hybridized carbons (Fsp3) is 0.696. The highest BCUT2D eigenvalue weighted by Crippen LogP contribution is 2.49. The van der Waals surface area contributed by atoms with E-state index in [9.17, 15) is 13.2 Å². The van der Waals surface area contributed by atoms with Gasteiger partial charge in [0.1, 0.15) is 0 Å². The molecule has 0 radical (unpaired) electrons. The molecule has 0 spiro atoms. The molecule has 6 heteroatoms. The predicted molar refractivity (Wildman–Crippen MR) is 114 cm³/mol. The highest BCUT2D eigenvalue weighted by atomic mass is 32.2. The average Bonchev–Trinajstić information content (AvgIpc) is 3.31. The largest absolute Gasteiger partial charge is 0.349 e. The van der Waals surface area contributed by atoms with Gasteiger partial charge in [0.15, 0.2) is 0 Å². The van der Waals surface area contributed by atoms with Crippen molar-refractivity contribution in [1.29, 1.82) is 0 Å². The maximum atomic E-state index is 13.2. The Morgan fingerprint density at radius 3 is 2.45 bits per heavy atom. The molecule has 1 aromatic rings. The number of hydrogen-bond donors (Lipinski definition) is 1. The number of carbonyl (C=O) groups is 1. The van der Waals surface area contributed by atoms with Crippen LogP contribution in [-0.4, -0.2) is 37.8 Å². The normalized spacial score (nSPS) is 33.6. The number of carbonyl (C=O) groups excluding carboxylic acids is 1. The van der Waals surface area contributed by atoms with Crippen LogP contribution in [0.5, 0.6) is 0 Å². The standard InChI is InChI=1S/C23H34N2O3S/c1-15-9-16(2)14-25(13-15)29(27,28)21-6-4-5-20(12-21)23(26)24-17(3)22-11-18-7-8-19(22)10-18/h4-6,12,15-19,22H,7-11,13-14H2,1-3H3,(H,24,26). The highest BCUT2D eigenvalue weighted by molar-refractivity contribution is 7.89. The van der Waals surface area contributed by atoms with Gasteiger partial charge in [0.25, 0.3) is 5.91 Å². The Kier molecular flexibility index (Phi) is 5.77. The minimum absolute atomic E-state index is 0.127. The quantitative estimate of drug-likeness (QED) is 0.788. The Hall–Kier alpha value is -1.40. The lowest BCUT2D eigenvalue weighted by Crippen LogP contribution is -2.42. The molecule has 3 aliphatic rings. The molecule has 6 unspecified atom stereocenters. The summed E-state index contributed by atoms with van der Waals surface area (Å²) in [4.78, 5) is 13.1. The van der Waals surface area contributed by atoms with E-state index < -0.39 is 10.0 Å². The Bertz CT molecular complexity index is 859. The average molecular weight is 419 g/mol. The second kappa shape index (κ2) is 8.03. The molecule has 3 fully saturated rings. The number of piperidine rings is 1. The van der Waals surface area contributed by atoms with E-state index in [1.807, 2.05) is 0 Å². The predicted octanol–water partition coefficient (Wildman–Crippen LogP) is 3.91. The summed E-state index contributed by atoms with van der Waals surface area (Å²) < 4.78 is 27.9. The van der Waals surface area contributed by atoms with Gasteiger partial charge in [-0.15, -0.1) is 0 Å². The van der Waals surface area contributed by atoms with Crippen molar-refractivity contribution in [3.05, 3.63) is 29.8 Å². The van der Waals surface area contributed by atoms with Crippen LogP contribution < -0.4 is 5.32 Å². The van der Waals surface area contributed by atoms with Crippen molar-refractivity contribution in [1.82, 2.24) is 9.62 Å². The number of nitrogens with zero attached hydrogens (tertiary/aromatic N) is 1. The number of nitrogens with one attached hydrogen (secondary N) is 1. The van der Waals surface area contributed by atoms with Gasteiger partial charge in [-0.2, -0.15) is 4.31 Å². The molecule has 1 heterocycles. The van der Waals surface area contributed by atoms with Crippen molar-refractivity contribution >= 4 is 15.9 Å². The smallest absolute Gasteiger partial charge is 0.251 e. The first-order valence-corrected chi connectivity index (χ1v) is 12.6. The number of amides is 1. The molecule has 2 saturated carbocycles. The van der Waals surface area contributed by atoms with E-state index in [1.165, 1.54) is 25.7 Å². The number of sulfonamides is 1. The van der Waals surface area contributed by atoms with Gasteiger partial charge >= 0.3 is 0 Å². The molecule has 29 heavy (non-hydrogen) atoms. The lowest BCUT2D eigenvalue weighted by atomic mass is 9.84. The molecule has 1 saturated heterocycles. The topological polar surface area (TPSA) is 66.5 Å². The summed E-state index contributed by atoms with van der Waals surface area (Å²) >= 11 is 0. The van der Waals surface area contributed by atoms with Crippen molar-refractivity contribution in [2.45, 2.75) is 63.8 Å². The molecule has 4 rings (SSSR count). The summed E-state index contributed by atoms with van der Waals surface area (Å²) in [7, 11) is -3.58. The van der Waals surface area contributed by atoms with Gasteiger partial charge in [0, 0.05) is 24.7 Å². The Labute approximate surface area is 175 Å². The van der Waals surface area contributed by atoms with Gasteiger partial charge in [-0.3, -0.25) is 4.79 Å². The zero-order chi connectivity index (χ0) is 20.8. The van der Waals surface area contributed by atoms with E-state index in [4.69, 9.17) is 0 Å². The van der Waals surface area contributed by atoms with Crippen LogP contribution in [0.15, 0.2) is 29.2 Å². The SMILES string of the molecule is CC1CC(C)CN(S(=O)(=O)c2cccc(C(=O)NC(C)C3CC4CCC3C4)c2)C1. The van der Waals surface area contributed by atoms with E-state index in [-0.39, 0.29) is 16.8 Å². The van der Waals surface area contributed by atoms with Crippen LogP contribution in [0.1, 0.15) is 63.2 Å². The lowest BCUT2D eigenvalue weighted by Gasteiger charge is -2.34. The van der Waals surface area contributed by atoms with Crippen molar-refractivity contribution in [3.63, 3.8) is 0 Å². The molecule has 6 atom stereocenters. The molecule has 2 aliphatic carbocycles. The van der Waals surface area contributed by atoms with Crippen LogP contribution >= 0.6 is 0 Å². The van der Waals surface area contributed by atoms with Crippen LogP contribution in [0.25, 0.3) is 0 Å². The van der Waals surface area contributed by atoms with Crippen LogP contribution in [0.4, 0.5) is 0 Å². The molecule has 1 aromatic carbocycles. The number of benzene rings is 1. The van der Waals surface area contributed by atoms with Crippen LogP contribution in [0.2, 0.25) is 0 Å². The lowest BCUT2D eigenvalue weighted by molar-refractivity contribution is 0.0915. The summed E-state index contributed by atoms with van der Waals surface area (Å²) in [6.07, 6.45) is 6.21.